The number of hydrogen-bond donors (Lipinski definition) is 2. The third-order valence-corrected chi connectivity index (χ3v) is 4.28. The van der Waals surface area contributed by atoms with E-state index in [9.17, 15) is 4.79 Å². The van der Waals surface area contributed by atoms with E-state index >= 15 is 0 Å². The number of amides is 1. The van der Waals surface area contributed by atoms with Crippen LogP contribution >= 0.6 is 0 Å². The van der Waals surface area contributed by atoms with Gasteiger partial charge in [0.05, 0.1) is 5.92 Å². The van der Waals surface area contributed by atoms with Gasteiger partial charge in [0.1, 0.15) is 0 Å². The van der Waals surface area contributed by atoms with Gasteiger partial charge >= 0.3 is 0 Å². The zero-order valence-electron chi connectivity index (χ0n) is 9.59. The Balaban J connectivity index is 1.91. The second-order valence-corrected chi connectivity index (χ2v) is 5.18. The molecule has 0 aromatic carbocycles. The highest BCUT2D eigenvalue weighted by Gasteiger charge is 2.39. The Kier molecular flexibility index (Phi) is 3.01. The molecular weight excluding hydrogens is 188 g/mol. The second kappa shape index (κ2) is 4.12. The third-order valence-electron chi connectivity index (χ3n) is 4.28. The summed E-state index contributed by atoms with van der Waals surface area (Å²) in [5, 5.41) is 3.23. The van der Waals surface area contributed by atoms with Gasteiger partial charge in [0, 0.05) is 11.6 Å². The van der Waals surface area contributed by atoms with Gasteiger partial charge < -0.3 is 11.1 Å². The SMILES string of the molecule is CCC1(NC(=O)C2CCCC2N)CCC1. The molecule has 2 unspecified atom stereocenters. The molecule has 2 rings (SSSR count). The Morgan fingerprint density at radius 3 is 2.53 bits per heavy atom. The quantitative estimate of drug-likeness (QED) is 0.742. The number of nitrogens with one attached hydrogen (secondary N) is 1. The van der Waals surface area contributed by atoms with Gasteiger partial charge in [-0.15, -0.1) is 0 Å². The van der Waals surface area contributed by atoms with Crippen LogP contribution in [0, 0.1) is 5.92 Å². The maximum absolute atomic E-state index is 12.0. The lowest BCUT2D eigenvalue weighted by Crippen LogP contribution is -2.55. The first kappa shape index (κ1) is 10.9. The van der Waals surface area contributed by atoms with E-state index in [1.165, 1.54) is 6.42 Å². The van der Waals surface area contributed by atoms with Crippen molar-refractivity contribution < 1.29 is 4.79 Å². The second-order valence-electron chi connectivity index (χ2n) is 5.18. The molecule has 0 spiro atoms. The van der Waals surface area contributed by atoms with Crippen molar-refractivity contribution in [2.24, 2.45) is 11.7 Å². The number of nitrogens with two attached hydrogens (primary N) is 1. The van der Waals surface area contributed by atoms with Crippen LogP contribution < -0.4 is 11.1 Å². The lowest BCUT2D eigenvalue weighted by atomic mass is 9.74. The predicted octanol–water partition coefficient (Wildman–Crippen LogP) is 1.56. The van der Waals surface area contributed by atoms with Gasteiger partial charge in [0.25, 0.3) is 0 Å². The smallest absolute Gasteiger partial charge is 0.225 e. The number of rotatable bonds is 3. The van der Waals surface area contributed by atoms with Crippen molar-refractivity contribution in [1.29, 1.82) is 0 Å². The van der Waals surface area contributed by atoms with E-state index in [0.717, 1.165) is 38.5 Å². The minimum atomic E-state index is 0.0778. The van der Waals surface area contributed by atoms with E-state index in [1.54, 1.807) is 0 Å². The van der Waals surface area contributed by atoms with Gasteiger partial charge in [-0.3, -0.25) is 4.79 Å². The molecule has 2 aliphatic rings. The predicted molar refractivity (Wildman–Crippen MR) is 60.3 cm³/mol. The summed E-state index contributed by atoms with van der Waals surface area (Å²) in [5.74, 6) is 0.288. The summed E-state index contributed by atoms with van der Waals surface area (Å²) in [6.07, 6.45) is 7.71. The van der Waals surface area contributed by atoms with E-state index < -0.39 is 0 Å². The van der Waals surface area contributed by atoms with Gasteiger partial charge in [-0.05, 0) is 38.5 Å². The highest BCUT2D eigenvalue weighted by Crippen LogP contribution is 2.35. The minimum absolute atomic E-state index is 0.0778. The van der Waals surface area contributed by atoms with Crippen LogP contribution in [-0.4, -0.2) is 17.5 Å². The molecule has 2 atom stereocenters. The first-order chi connectivity index (χ1) is 7.17. The average molecular weight is 210 g/mol. The fourth-order valence-corrected chi connectivity index (χ4v) is 2.84. The van der Waals surface area contributed by atoms with Crippen molar-refractivity contribution >= 4 is 5.91 Å². The standard InChI is InChI=1S/C12H22N2O/c1-2-12(7-4-8-12)14-11(15)9-5-3-6-10(9)13/h9-10H,2-8,13H2,1H3,(H,14,15). The van der Waals surface area contributed by atoms with Crippen LogP contribution in [0.1, 0.15) is 51.9 Å². The molecule has 0 aromatic rings. The Labute approximate surface area is 91.8 Å². The van der Waals surface area contributed by atoms with E-state index in [2.05, 4.69) is 12.2 Å². The number of carbonyl (C=O) groups is 1. The maximum atomic E-state index is 12.0. The molecule has 2 saturated carbocycles. The van der Waals surface area contributed by atoms with Crippen LogP contribution in [0.4, 0.5) is 0 Å². The lowest BCUT2D eigenvalue weighted by Gasteiger charge is -2.42. The normalized spacial score (nSPS) is 33.5. The van der Waals surface area contributed by atoms with Crippen molar-refractivity contribution in [2.45, 2.75) is 63.5 Å². The van der Waals surface area contributed by atoms with Crippen LogP contribution in [0.15, 0.2) is 0 Å². The summed E-state index contributed by atoms with van der Waals surface area (Å²) in [5.41, 5.74) is 6.06. The molecular formula is C12H22N2O. The molecule has 3 N–H and O–H groups in total. The summed E-state index contributed by atoms with van der Waals surface area (Å²) in [6, 6.07) is 0.0963. The minimum Gasteiger partial charge on any atom is -0.350 e. The molecule has 0 bridgehead atoms. The average Bonchev–Trinajstić information content (AvgIpc) is 2.58. The lowest BCUT2D eigenvalue weighted by molar-refractivity contribution is -0.128. The van der Waals surface area contributed by atoms with Crippen molar-refractivity contribution in [3.8, 4) is 0 Å². The molecule has 15 heavy (non-hydrogen) atoms. The first-order valence-electron chi connectivity index (χ1n) is 6.24. The third kappa shape index (κ3) is 2.03. The van der Waals surface area contributed by atoms with Crippen LogP contribution in [-0.2, 0) is 4.79 Å². The highest BCUT2D eigenvalue weighted by molar-refractivity contribution is 5.80. The molecule has 0 heterocycles. The van der Waals surface area contributed by atoms with Gasteiger partial charge in [-0.2, -0.15) is 0 Å². The van der Waals surface area contributed by atoms with Crippen molar-refractivity contribution in [3.05, 3.63) is 0 Å². The van der Waals surface area contributed by atoms with E-state index in [-0.39, 0.29) is 23.4 Å². The number of hydrogen-bond acceptors (Lipinski definition) is 2. The zero-order valence-corrected chi connectivity index (χ0v) is 9.59. The van der Waals surface area contributed by atoms with Crippen molar-refractivity contribution in [2.75, 3.05) is 0 Å². The largest absolute Gasteiger partial charge is 0.350 e. The Morgan fingerprint density at radius 1 is 1.40 bits per heavy atom. The molecule has 3 heteroatoms. The Bertz CT molecular complexity index is 242. The molecule has 0 saturated heterocycles. The summed E-state index contributed by atoms with van der Waals surface area (Å²) < 4.78 is 0. The molecule has 1 amide bonds. The van der Waals surface area contributed by atoms with E-state index in [0.29, 0.717) is 0 Å². The molecule has 0 radical (unpaired) electrons. The van der Waals surface area contributed by atoms with E-state index in [4.69, 9.17) is 5.73 Å². The summed E-state index contributed by atoms with van der Waals surface area (Å²) in [4.78, 5) is 12.0. The van der Waals surface area contributed by atoms with Gasteiger partial charge in [0.15, 0.2) is 0 Å². The zero-order chi connectivity index (χ0) is 10.9. The van der Waals surface area contributed by atoms with Crippen LogP contribution in [0.2, 0.25) is 0 Å². The Hall–Kier alpha value is -0.570. The topological polar surface area (TPSA) is 55.1 Å². The molecule has 2 aliphatic carbocycles. The van der Waals surface area contributed by atoms with Crippen molar-refractivity contribution in [3.63, 3.8) is 0 Å². The fourth-order valence-electron chi connectivity index (χ4n) is 2.84. The van der Waals surface area contributed by atoms with Crippen molar-refractivity contribution in [1.82, 2.24) is 5.32 Å². The van der Waals surface area contributed by atoms with Gasteiger partial charge in [0.2, 0.25) is 5.91 Å². The number of carbonyl (C=O) groups excluding carboxylic acids is 1. The Morgan fingerprint density at radius 2 is 2.13 bits per heavy atom. The molecule has 86 valence electrons. The summed E-state index contributed by atoms with van der Waals surface area (Å²) >= 11 is 0. The monoisotopic (exact) mass is 210 g/mol. The van der Waals surface area contributed by atoms with Crippen LogP contribution in [0.5, 0.6) is 0 Å². The molecule has 0 aromatic heterocycles. The maximum Gasteiger partial charge on any atom is 0.225 e. The molecule has 3 nitrogen and oxygen atoms in total. The molecule has 0 aliphatic heterocycles. The molecule has 2 fully saturated rings. The van der Waals surface area contributed by atoms with Gasteiger partial charge in [-0.25, -0.2) is 0 Å². The van der Waals surface area contributed by atoms with Crippen LogP contribution in [0.25, 0.3) is 0 Å². The van der Waals surface area contributed by atoms with E-state index in [1.807, 2.05) is 0 Å². The first-order valence-corrected chi connectivity index (χ1v) is 6.24. The van der Waals surface area contributed by atoms with Crippen LogP contribution in [0.3, 0.4) is 0 Å². The summed E-state index contributed by atoms with van der Waals surface area (Å²) in [6.45, 7) is 2.16. The fraction of sp³-hybridized carbons (Fsp3) is 0.917. The van der Waals surface area contributed by atoms with Gasteiger partial charge in [-0.1, -0.05) is 13.3 Å². The highest BCUT2D eigenvalue weighted by atomic mass is 16.2. The summed E-state index contributed by atoms with van der Waals surface area (Å²) in [7, 11) is 0.